The van der Waals surface area contributed by atoms with E-state index in [9.17, 15) is 0 Å². The van der Waals surface area contributed by atoms with Crippen molar-refractivity contribution < 1.29 is 4.74 Å². The summed E-state index contributed by atoms with van der Waals surface area (Å²) in [4.78, 5) is 2.48. The van der Waals surface area contributed by atoms with Gasteiger partial charge in [0.1, 0.15) is 11.5 Å². The molecule has 3 aromatic rings. The lowest BCUT2D eigenvalue weighted by Gasteiger charge is -2.35. The monoisotopic (exact) mass is 407 g/mol. The zero-order chi connectivity index (χ0) is 21.3. The van der Waals surface area contributed by atoms with Crippen LogP contribution in [0, 0.1) is 0 Å². The van der Waals surface area contributed by atoms with Gasteiger partial charge in [-0.1, -0.05) is 93.2 Å². The molecule has 2 nitrogen and oxygen atoms in total. The molecular weight excluding hydrogens is 377 g/mol. The number of anilines is 1. The summed E-state index contributed by atoms with van der Waals surface area (Å²) >= 11 is 0. The zero-order valence-corrected chi connectivity index (χ0v) is 18.3. The van der Waals surface area contributed by atoms with Gasteiger partial charge in [-0.25, -0.2) is 0 Å². The number of allylic oxidation sites excluding steroid dienone is 2. The van der Waals surface area contributed by atoms with Crippen molar-refractivity contribution in [2.24, 2.45) is 0 Å². The third-order valence-corrected chi connectivity index (χ3v) is 5.70. The highest BCUT2D eigenvalue weighted by molar-refractivity contribution is 6.71. The van der Waals surface area contributed by atoms with E-state index in [1.165, 1.54) is 42.6 Å². The number of para-hydroxylation sites is 1. The Morgan fingerprint density at radius 2 is 1.42 bits per heavy atom. The van der Waals surface area contributed by atoms with Gasteiger partial charge in [0.15, 0.2) is 0 Å². The summed E-state index contributed by atoms with van der Waals surface area (Å²) in [6.45, 7) is 2.63. The normalized spacial score (nSPS) is 13.3. The average Bonchev–Trinajstić information content (AvgIpc) is 2.83. The van der Waals surface area contributed by atoms with E-state index >= 15 is 0 Å². The van der Waals surface area contributed by atoms with Crippen LogP contribution in [0.1, 0.15) is 38.2 Å². The van der Waals surface area contributed by atoms with E-state index in [4.69, 9.17) is 4.74 Å². The van der Waals surface area contributed by atoms with E-state index in [1.54, 1.807) is 0 Å². The summed E-state index contributed by atoms with van der Waals surface area (Å²) in [5, 5.41) is 0. The summed E-state index contributed by atoms with van der Waals surface area (Å²) in [6, 6.07) is 29.1. The average molecular weight is 407 g/mol. The van der Waals surface area contributed by atoms with Crippen molar-refractivity contribution in [3.8, 4) is 11.5 Å². The van der Waals surface area contributed by atoms with Gasteiger partial charge >= 0.3 is 0 Å². The maximum absolute atomic E-state index is 6.00. The molecule has 0 fully saturated rings. The fourth-order valence-corrected chi connectivity index (χ4v) is 4.10. The molecule has 4 rings (SSSR count). The van der Waals surface area contributed by atoms with Crippen molar-refractivity contribution in [3.63, 3.8) is 0 Å². The smallest absolute Gasteiger partial charge is 0.286 e. The number of hydrogen-bond donors (Lipinski definition) is 0. The van der Waals surface area contributed by atoms with Crippen LogP contribution in [-0.2, 0) is 0 Å². The molecule has 0 aliphatic carbocycles. The Hall–Kier alpha value is -3.20. The lowest BCUT2D eigenvalue weighted by atomic mass is 9.54. The minimum atomic E-state index is 0.359. The van der Waals surface area contributed by atoms with Crippen molar-refractivity contribution in [1.29, 1.82) is 0 Å². The van der Waals surface area contributed by atoms with Gasteiger partial charge in [-0.3, -0.25) is 0 Å². The van der Waals surface area contributed by atoms with Gasteiger partial charge in [0, 0.05) is 11.4 Å². The van der Waals surface area contributed by atoms with Gasteiger partial charge < -0.3 is 9.55 Å². The lowest BCUT2D eigenvalue weighted by Crippen LogP contribution is -2.38. The number of ether oxygens (including phenoxy) is 1. The first-order valence-corrected chi connectivity index (χ1v) is 11.4. The van der Waals surface area contributed by atoms with Gasteiger partial charge in [-0.2, -0.15) is 0 Å². The molecule has 0 unspecified atom stereocenters. The Bertz CT molecular complexity index is 996. The summed E-state index contributed by atoms with van der Waals surface area (Å²) in [5.74, 6) is 4.05. The number of nitrogens with zero attached hydrogens (tertiary/aromatic N) is 1. The highest BCUT2D eigenvalue weighted by Crippen LogP contribution is 2.33. The molecule has 0 amide bonds. The van der Waals surface area contributed by atoms with Crippen LogP contribution < -0.4 is 9.55 Å². The predicted molar refractivity (Wildman–Crippen MR) is 134 cm³/mol. The van der Waals surface area contributed by atoms with Gasteiger partial charge in [0.2, 0.25) is 0 Å². The third-order valence-electron chi connectivity index (χ3n) is 5.70. The first-order valence-electron chi connectivity index (χ1n) is 11.4. The van der Waals surface area contributed by atoms with Crippen LogP contribution >= 0.6 is 0 Å². The maximum Gasteiger partial charge on any atom is 0.286 e. The van der Waals surface area contributed by atoms with Gasteiger partial charge in [0.25, 0.3) is 6.85 Å². The largest absolute Gasteiger partial charge is 0.457 e. The van der Waals surface area contributed by atoms with Crippen LogP contribution in [0.4, 0.5) is 5.69 Å². The molecule has 1 aliphatic heterocycles. The van der Waals surface area contributed by atoms with E-state index in [-0.39, 0.29) is 0 Å². The van der Waals surface area contributed by atoms with Crippen molar-refractivity contribution >= 4 is 18.2 Å². The second-order valence-corrected chi connectivity index (χ2v) is 8.00. The van der Waals surface area contributed by atoms with E-state index in [2.05, 4.69) is 84.5 Å². The Morgan fingerprint density at radius 3 is 2.13 bits per heavy atom. The van der Waals surface area contributed by atoms with E-state index in [0.29, 0.717) is 6.85 Å². The van der Waals surface area contributed by atoms with Gasteiger partial charge in [0.05, 0.1) is 0 Å². The molecule has 0 saturated carbocycles. The number of rotatable bonds is 9. The molecular formula is C28H30BNO. The SMILES string of the molecule is CCCCCCB1C=CC=C(c2ccccc2)N1c1ccc(Oc2ccccc2)cc1. The minimum absolute atomic E-state index is 0.359. The summed E-state index contributed by atoms with van der Waals surface area (Å²) in [7, 11) is 0. The fourth-order valence-electron chi connectivity index (χ4n) is 4.10. The van der Waals surface area contributed by atoms with E-state index < -0.39 is 0 Å². The zero-order valence-electron chi connectivity index (χ0n) is 18.3. The van der Waals surface area contributed by atoms with Crippen molar-refractivity contribution in [2.45, 2.75) is 38.9 Å². The maximum atomic E-state index is 6.00. The van der Waals surface area contributed by atoms with Crippen LogP contribution in [-0.4, -0.2) is 6.85 Å². The molecule has 0 atom stereocenters. The molecule has 0 N–H and O–H groups in total. The van der Waals surface area contributed by atoms with Crippen LogP contribution in [0.3, 0.4) is 0 Å². The molecule has 0 radical (unpaired) electrons. The number of benzene rings is 3. The van der Waals surface area contributed by atoms with E-state index in [0.717, 1.165) is 17.8 Å². The van der Waals surface area contributed by atoms with Crippen LogP contribution in [0.2, 0.25) is 6.32 Å². The van der Waals surface area contributed by atoms with Crippen molar-refractivity contribution in [2.75, 3.05) is 4.81 Å². The Labute approximate surface area is 187 Å². The molecule has 3 aromatic carbocycles. The highest BCUT2D eigenvalue weighted by atomic mass is 16.5. The van der Waals surface area contributed by atoms with Crippen LogP contribution in [0.25, 0.3) is 5.70 Å². The first kappa shape index (κ1) is 21.1. The van der Waals surface area contributed by atoms with Gasteiger partial charge in [-0.15, -0.1) is 0 Å². The number of hydrogen-bond acceptors (Lipinski definition) is 2. The Morgan fingerprint density at radius 1 is 0.742 bits per heavy atom. The molecule has 1 aliphatic rings. The predicted octanol–water partition coefficient (Wildman–Crippen LogP) is 8.01. The van der Waals surface area contributed by atoms with E-state index in [1.807, 2.05) is 30.3 Å². The molecule has 31 heavy (non-hydrogen) atoms. The highest BCUT2D eigenvalue weighted by Gasteiger charge is 2.27. The molecule has 0 saturated heterocycles. The summed E-state index contributed by atoms with van der Waals surface area (Å²) in [5.41, 5.74) is 3.69. The molecule has 0 aromatic heterocycles. The Balaban J connectivity index is 1.58. The molecule has 156 valence electrons. The van der Waals surface area contributed by atoms with Crippen LogP contribution in [0.15, 0.2) is 103 Å². The minimum Gasteiger partial charge on any atom is -0.457 e. The second-order valence-electron chi connectivity index (χ2n) is 8.00. The lowest BCUT2D eigenvalue weighted by molar-refractivity contribution is 0.483. The molecule has 1 heterocycles. The quantitative estimate of drug-likeness (QED) is 0.263. The Kier molecular flexibility index (Phi) is 7.28. The van der Waals surface area contributed by atoms with Crippen molar-refractivity contribution in [3.05, 3.63) is 109 Å². The van der Waals surface area contributed by atoms with Crippen molar-refractivity contribution in [1.82, 2.24) is 0 Å². The summed E-state index contributed by atoms with van der Waals surface area (Å²) < 4.78 is 6.00. The summed E-state index contributed by atoms with van der Waals surface area (Å²) in [6.07, 6.45) is 10.7. The van der Waals surface area contributed by atoms with Gasteiger partial charge in [-0.05, 0) is 54.4 Å². The molecule has 0 bridgehead atoms. The number of unbranched alkanes of at least 4 members (excludes halogenated alkanes) is 3. The topological polar surface area (TPSA) is 12.5 Å². The molecule has 3 heteroatoms. The second kappa shape index (κ2) is 10.7. The third kappa shape index (κ3) is 5.49. The first-order chi connectivity index (χ1) is 15.3. The fraction of sp³-hybridized carbons (Fsp3) is 0.214. The standard InChI is InChI=1S/C28H30BNO/c1-2-3-4-11-22-29-23-12-17-28(24-13-7-5-8-14-24)30(29)25-18-20-27(21-19-25)31-26-15-9-6-10-16-26/h5-10,12-21,23H,2-4,11,22H2,1H3. The van der Waals surface area contributed by atoms with Crippen LogP contribution in [0.5, 0.6) is 11.5 Å². The molecule has 0 spiro atoms.